The molecule has 1 aromatic heterocycles. The number of carbonyl (C=O) groups is 2. The number of hydrogen-bond donors (Lipinski definition) is 2. The third-order valence-corrected chi connectivity index (χ3v) is 5.49. The van der Waals surface area contributed by atoms with Gasteiger partial charge in [-0.2, -0.15) is 0 Å². The minimum absolute atomic E-state index is 0.168. The summed E-state index contributed by atoms with van der Waals surface area (Å²) in [6.07, 6.45) is 0.256. The van der Waals surface area contributed by atoms with Gasteiger partial charge in [-0.05, 0) is 16.7 Å². The molecule has 0 atom stereocenters. The molecule has 4 rings (SSSR count). The Kier molecular flexibility index (Phi) is 6.50. The number of aromatic nitrogens is 1. The van der Waals surface area contributed by atoms with Crippen LogP contribution in [-0.4, -0.2) is 16.8 Å². The van der Waals surface area contributed by atoms with E-state index in [-0.39, 0.29) is 30.0 Å². The monoisotopic (exact) mass is 427 g/mol. The zero-order valence-corrected chi connectivity index (χ0v) is 17.5. The Hall–Kier alpha value is -3.77. The van der Waals surface area contributed by atoms with Gasteiger partial charge in [-0.15, -0.1) is 11.3 Å². The second-order valence-corrected chi connectivity index (χ2v) is 7.83. The highest BCUT2D eigenvalue weighted by atomic mass is 32.1. The lowest BCUT2D eigenvalue weighted by atomic mass is 9.98. The van der Waals surface area contributed by atoms with Crippen molar-refractivity contribution >= 4 is 28.3 Å². The molecule has 0 fully saturated rings. The van der Waals surface area contributed by atoms with Crippen molar-refractivity contribution in [3.8, 4) is 0 Å². The molecular formula is C25H21N3O2S. The maximum atomic E-state index is 12.9. The van der Waals surface area contributed by atoms with Gasteiger partial charge in [0.25, 0.3) is 5.91 Å². The van der Waals surface area contributed by atoms with Crippen molar-refractivity contribution in [1.29, 1.82) is 0 Å². The Bertz CT molecular complexity index is 1110. The minimum Gasteiger partial charge on any atom is -0.340 e. The molecule has 1 heterocycles. The average Bonchev–Trinajstić information content (AvgIpc) is 3.27. The van der Waals surface area contributed by atoms with Crippen LogP contribution in [0.1, 0.15) is 33.2 Å². The van der Waals surface area contributed by atoms with Gasteiger partial charge in [0.2, 0.25) is 5.91 Å². The van der Waals surface area contributed by atoms with Crippen LogP contribution in [0.3, 0.4) is 0 Å². The van der Waals surface area contributed by atoms with E-state index in [9.17, 15) is 9.59 Å². The Morgan fingerprint density at radius 3 is 1.94 bits per heavy atom. The van der Waals surface area contributed by atoms with Crippen molar-refractivity contribution in [2.75, 3.05) is 5.32 Å². The summed E-state index contributed by atoms with van der Waals surface area (Å²) in [4.78, 5) is 29.5. The van der Waals surface area contributed by atoms with Crippen molar-refractivity contribution < 1.29 is 9.59 Å². The van der Waals surface area contributed by atoms with E-state index in [1.165, 1.54) is 11.3 Å². The molecule has 31 heavy (non-hydrogen) atoms. The molecular weight excluding hydrogens is 406 g/mol. The van der Waals surface area contributed by atoms with Crippen LogP contribution >= 0.6 is 11.3 Å². The van der Waals surface area contributed by atoms with Gasteiger partial charge in [-0.25, -0.2) is 4.98 Å². The van der Waals surface area contributed by atoms with Gasteiger partial charge < -0.3 is 10.6 Å². The van der Waals surface area contributed by atoms with E-state index in [0.717, 1.165) is 16.7 Å². The zero-order valence-electron chi connectivity index (χ0n) is 16.7. The summed E-state index contributed by atoms with van der Waals surface area (Å²) in [5.74, 6) is -0.462. The predicted molar refractivity (Wildman–Crippen MR) is 123 cm³/mol. The molecule has 154 valence electrons. The van der Waals surface area contributed by atoms with E-state index < -0.39 is 0 Å². The number of benzene rings is 3. The zero-order chi connectivity index (χ0) is 21.5. The summed E-state index contributed by atoms with van der Waals surface area (Å²) >= 11 is 1.23. The Balaban J connectivity index is 1.45. The number of rotatable bonds is 7. The molecule has 0 aliphatic heterocycles. The molecule has 3 aromatic carbocycles. The second kappa shape index (κ2) is 9.82. The van der Waals surface area contributed by atoms with Gasteiger partial charge in [-0.1, -0.05) is 91.0 Å². The van der Waals surface area contributed by atoms with Crippen molar-refractivity contribution in [2.45, 2.75) is 12.5 Å². The van der Waals surface area contributed by atoms with Crippen molar-refractivity contribution in [3.05, 3.63) is 119 Å². The lowest BCUT2D eigenvalue weighted by Gasteiger charge is -2.19. The topological polar surface area (TPSA) is 71.1 Å². The van der Waals surface area contributed by atoms with E-state index >= 15 is 0 Å². The molecule has 5 nitrogen and oxygen atoms in total. The van der Waals surface area contributed by atoms with Gasteiger partial charge in [0.1, 0.15) is 5.69 Å². The summed E-state index contributed by atoms with van der Waals surface area (Å²) in [6.45, 7) is 0. The standard InChI is InChI=1S/C25H21N3O2S/c29-22(16-18-10-4-1-5-11-18)27-25-26-21(17-31-25)24(30)28-23(19-12-6-2-7-13-19)20-14-8-3-9-15-20/h1-15,17,23H,16H2,(H,28,30)(H,26,27,29). The van der Waals surface area contributed by atoms with E-state index in [2.05, 4.69) is 15.6 Å². The fourth-order valence-electron chi connectivity index (χ4n) is 3.24. The third-order valence-electron chi connectivity index (χ3n) is 4.73. The first kappa shape index (κ1) is 20.5. The number of anilines is 1. The lowest BCUT2D eigenvalue weighted by molar-refractivity contribution is -0.115. The van der Waals surface area contributed by atoms with Crippen LogP contribution in [0.4, 0.5) is 5.13 Å². The molecule has 2 amide bonds. The van der Waals surface area contributed by atoms with Crippen LogP contribution in [0.2, 0.25) is 0 Å². The quantitative estimate of drug-likeness (QED) is 0.443. The number of nitrogens with zero attached hydrogens (tertiary/aromatic N) is 1. The molecule has 6 heteroatoms. The van der Waals surface area contributed by atoms with Crippen LogP contribution in [0.5, 0.6) is 0 Å². The first-order chi connectivity index (χ1) is 15.2. The molecule has 4 aromatic rings. The first-order valence-electron chi connectivity index (χ1n) is 9.89. The summed E-state index contributed by atoms with van der Waals surface area (Å²) in [6, 6.07) is 28.8. The van der Waals surface area contributed by atoms with Crippen LogP contribution in [0, 0.1) is 0 Å². The fourth-order valence-corrected chi connectivity index (χ4v) is 3.94. The highest BCUT2D eigenvalue weighted by Crippen LogP contribution is 2.23. The largest absolute Gasteiger partial charge is 0.340 e. The van der Waals surface area contributed by atoms with Crippen molar-refractivity contribution in [2.24, 2.45) is 0 Å². The molecule has 0 saturated carbocycles. The maximum absolute atomic E-state index is 12.9. The maximum Gasteiger partial charge on any atom is 0.271 e. The molecule has 0 saturated heterocycles. The molecule has 0 spiro atoms. The highest BCUT2D eigenvalue weighted by molar-refractivity contribution is 7.14. The van der Waals surface area contributed by atoms with Gasteiger partial charge in [0.05, 0.1) is 12.5 Å². The molecule has 0 aliphatic rings. The predicted octanol–water partition coefficient (Wildman–Crippen LogP) is 4.84. The summed E-state index contributed by atoms with van der Waals surface area (Å²) in [5.41, 5.74) is 3.15. The van der Waals surface area contributed by atoms with E-state index in [0.29, 0.717) is 5.13 Å². The van der Waals surface area contributed by atoms with E-state index in [1.807, 2.05) is 91.0 Å². The molecule has 0 aliphatic carbocycles. The number of carbonyl (C=O) groups excluding carboxylic acids is 2. The molecule has 0 unspecified atom stereocenters. The van der Waals surface area contributed by atoms with Gasteiger partial charge >= 0.3 is 0 Å². The fraction of sp³-hybridized carbons (Fsp3) is 0.0800. The summed E-state index contributed by atoms with van der Waals surface area (Å²) in [5, 5.41) is 7.89. The number of nitrogens with one attached hydrogen (secondary N) is 2. The van der Waals surface area contributed by atoms with E-state index in [1.54, 1.807) is 5.38 Å². The van der Waals surface area contributed by atoms with Crippen LogP contribution in [0.25, 0.3) is 0 Å². The first-order valence-corrected chi connectivity index (χ1v) is 10.8. The van der Waals surface area contributed by atoms with Crippen LogP contribution in [-0.2, 0) is 11.2 Å². The molecule has 0 radical (unpaired) electrons. The Morgan fingerprint density at radius 1 is 0.806 bits per heavy atom. The SMILES string of the molecule is O=C(Cc1ccccc1)Nc1nc(C(=O)NC(c2ccccc2)c2ccccc2)cs1. The van der Waals surface area contributed by atoms with Gasteiger partial charge in [-0.3, -0.25) is 9.59 Å². The minimum atomic E-state index is -0.298. The molecule has 0 bridgehead atoms. The van der Waals surface area contributed by atoms with E-state index in [4.69, 9.17) is 0 Å². The second-order valence-electron chi connectivity index (χ2n) is 6.98. The summed E-state index contributed by atoms with van der Waals surface area (Å²) in [7, 11) is 0. The normalized spacial score (nSPS) is 10.6. The van der Waals surface area contributed by atoms with Crippen LogP contribution < -0.4 is 10.6 Å². The molecule has 2 N–H and O–H groups in total. The van der Waals surface area contributed by atoms with Crippen molar-refractivity contribution in [1.82, 2.24) is 10.3 Å². The Morgan fingerprint density at radius 2 is 1.35 bits per heavy atom. The number of hydrogen-bond acceptors (Lipinski definition) is 4. The lowest BCUT2D eigenvalue weighted by Crippen LogP contribution is -2.29. The number of amides is 2. The van der Waals surface area contributed by atoms with Gasteiger partial charge in [0, 0.05) is 5.38 Å². The van der Waals surface area contributed by atoms with Gasteiger partial charge in [0.15, 0.2) is 5.13 Å². The third kappa shape index (κ3) is 5.43. The summed E-state index contributed by atoms with van der Waals surface area (Å²) < 4.78 is 0. The van der Waals surface area contributed by atoms with Crippen LogP contribution in [0.15, 0.2) is 96.4 Å². The number of thiazole rings is 1. The smallest absolute Gasteiger partial charge is 0.271 e. The average molecular weight is 428 g/mol. The van der Waals surface area contributed by atoms with Crippen molar-refractivity contribution in [3.63, 3.8) is 0 Å². The Labute approximate surface area is 184 Å². The highest BCUT2D eigenvalue weighted by Gasteiger charge is 2.20.